The maximum Gasteiger partial charge on any atom is 0.323 e. The number of esters is 1. The Hall–Kier alpha value is -2.73. The number of benzene rings is 1. The van der Waals surface area contributed by atoms with Gasteiger partial charge in [-0.05, 0) is 67.9 Å². The summed E-state index contributed by atoms with van der Waals surface area (Å²) in [6.45, 7) is 13.2. The van der Waals surface area contributed by atoms with Crippen LogP contribution in [0.25, 0.3) is 0 Å². The summed E-state index contributed by atoms with van der Waals surface area (Å²) in [5.41, 5.74) is 12.1. The Balaban J connectivity index is 1.84. The third-order valence-electron chi connectivity index (χ3n) is 9.44. The lowest BCUT2D eigenvalue weighted by atomic mass is 9.70. The molecule has 1 fully saturated rings. The van der Waals surface area contributed by atoms with E-state index in [0.717, 1.165) is 12.8 Å². The fourth-order valence-corrected chi connectivity index (χ4v) is 5.76. The summed E-state index contributed by atoms with van der Waals surface area (Å²) in [5, 5.41) is 16.8. The second kappa shape index (κ2) is 19.2. The van der Waals surface area contributed by atoms with Crippen LogP contribution in [-0.2, 0) is 19.1 Å². The molecule has 46 heavy (non-hydrogen) atoms. The maximum atomic E-state index is 13.3. The quantitative estimate of drug-likeness (QED) is 0.111. The molecule has 4 atom stereocenters. The van der Waals surface area contributed by atoms with Gasteiger partial charge in [0.05, 0.1) is 18.3 Å². The van der Waals surface area contributed by atoms with E-state index in [2.05, 4.69) is 24.5 Å². The van der Waals surface area contributed by atoms with Crippen LogP contribution in [0.2, 0.25) is 0 Å². The Morgan fingerprint density at radius 3 is 2.22 bits per heavy atom. The van der Waals surface area contributed by atoms with Crippen molar-refractivity contribution in [2.75, 3.05) is 33.4 Å². The number of methoxy groups -OCH3 is 1. The molecule has 1 aliphatic rings. The maximum absolute atomic E-state index is 13.3. The summed E-state index contributed by atoms with van der Waals surface area (Å²) < 4.78 is 16.5. The molecule has 0 unspecified atom stereocenters. The van der Waals surface area contributed by atoms with E-state index in [-0.39, 0.29) is 54.1 Å². The van der Waals surface area contributed by atoms with E-state index in [0.29, 0.717) is 56.8 Å². The predicted octanol–water partition coefficient (Wildman–Crippen LogP) is 3.41. The van der Waals surface area contributed by atoms with Crippen LogP contribution in [0.1, 0.15) is 90.4 Å². The Kier molecular flexibility index (Phi) is 16.4. The van der Waals surface area contributed by atoms with Crippen molar-refractivity contribution in [2.24, 2.45) is 40.6 Å². The zero-order chi connectivity index (χ0) is 34.4. The zero-order valence-electron chi connectivity index (χ0n) is 29.1. The molecule has 1 aromatic rings. The van der Waals surface area contributed by atoms with Crippen molar-refractivity contribution in [1.82, 2.24) is 10.6 Å². The average Bonchev–Trinajstić information content (AvgIpc) is 3.03. The molecule has 262 valence electrons. The van der Waals surface area contributed by atoms with Gasteiger partial charge in [-0.1, -0.05) is 53.7 Å². The number of nitrogens with one attached hydrogen (secondary N) is 2. The summed E-state index contributed by atoms with van der Waals surface area (Å²) in [7, 11) is 1.64. The third-order valence-corrected chi connectivity index (χ3v) is 9.44. The highest BCUT2D eigenvalue weighted by molar-refractivity contribution is 5.96. The van der Waals surface area contributed by atoms with Crippen molar-refractivity contribution in [2.45, 2.75) is 104 Å². The molecule has 0 spiro atoms. The van der Waals surface area contributed by atoms with Gasteiger partial charge in [0.25, 0.3) is 5.91 Å². The number of carbonyl (C=O) groups excluding carboxylic acids is 3. The lowest BCUT2D eigenvalue weighted by molar-refractivity contribution is -0.155. The third kappa shape index (κ3) is 12.1. The number of aliphatic hydroxyl groups is 1. The Bertz CT molecular complexity index is 1090. The van der Waals surface area contributed by atoms with Crippen molar-refractivity contribution >= 4 is 17.8 Å². The molecule has 0 radical (unpaired) electrons. The SMILES string of the molecule is COCCCOc1ccccc1C(=O)NC[C@@H](C[C@H](N)[C@@H](O)CNC(=O)C(C)(C)C1CCC(OC(=O)[C@@H](N)C(C)C)CC1)C(C)C. The number of hydrogen-bond donors (Lipinski definition) is 5. The van der Waals surface area contributed by atoms with Crippen LogP contribution in [0.5, 0.6) is 5.75 Å². The molecule has 11 heteroatoms. The average molecular weight is 649 g/mol. The van der Waals surface area contributed by atoms with Gasteiger partial charge in [-0.15, -0.1) is 0 Å². The highest BCUT2D eigenvalue weighted by Crippen LogP contribution is 2.39. The number of nitrogens with two attached hydrogens (primary N) is 2. The molecule has 11 nitrogen and oxygen atoms in total. The number of rotatable bonds is 19. The van der Waals surface area contributed by atoms with Crippen molar-refractivity contribution in [3.8, 4) is 5.75 Å². The van der Waals surface area contributed by atoms with Gasteiger partial charge in [0, 0.05) is 44.7 Å². The van der Waals surface area contributed by atoms with Crippen molar-refractivity contribution in [3.05, 3.63) is 29.8 Å². The summed E-state index contributed by atoms with van der Waals surface area (Å²) >= 11 is 0. The molecule has 0 aromatic heterocycles. The fraction of sp³-hybridized carbons (Fsp3) is 0.743. The van der Waals surface area contributed by atoms with Crippen molar-refractivity contribution < 1.29 is 33.7 Å². The molecule has 0 aliphatic heterocycles. The monoisotopic (exact) mass is 648 g/mol. The van der Waals surface area contributed by atoms with Gasteiger partial charge in [-0.3, -0.25) is 14.4 Å². The molecule has 0 heterocycles. The lowest BCUT2D eigenvalue weighted by Crippen LogP contribution is -2.50. The molecule has 0 saturated heterocycles. The molecular weight excluding hydrogens is 588 g/mol. The van der Waals surface area contributed by atoms with Gasteiger partial charge >= 0.3 is 5.97 Å². The van der Waals surface area contributed by atoms with E-state index in [1.54, 1.807) is 25.3 Å². The van der Waals surface area contributed by atoms with Crippen LogP contribution in [0, 0.1) is 29.1 Å². The topological polar surface area (TPSA) is 175 Å². The van der Waals surface area contributed by atoms with Crippen LogP contribution in [0.4, 0.5) is 0 Å². The Morgan fingerprint density at radius 1 is 0.957 bits per heavy atom. The molecule has 7 N–H and O–H groups in total. The van der Waals surface area contributed by atoms with E-state index in [4.69, 9.17) is 25.7 Å². The van der Waals surface area contributed by atoms with Crippen molar-refractivity contribution in [1.29, 1.82) is 0 Å². The normalized spacial score (nSPS) is 19.7. The number of aliphatic hydroxyl groups excluding tert-OH is 1. The Labute approximate surface area is 275 Å². The number of amides is 2. The van der Waals surface area contributed by atoms with Crippen LogP contribution < -0.4 is 26.8 Å². The van der Waals surface area contributed by atoms with Crippen LogP contribution >= 0.6 is 0 Å². The van der Waals surface area contributed by atoms with Crippen LogP contribution in [-0.4, -0.2) is 80.6 Å². The van der Waals surface area contributed by atoms with E-state index < -0.39 is 23.6 Å². The van der Waals surface area contributed by atoms with Gasteiger partial charge < -0.3 is 41.4 Å². The van der Waals surface area contributed by atoms with Gasteiger partial charge in [0.1, 0.15) is 17.9 Å². The number of ether oxygens (including phenoxy) is 3. The highest BCUT2D eigenvalue weighted by Gasteiger charge is 2.40. The summed E-state index contributed by atoms with van der Waals surface area (Å²) in [6, 6.07) is 5.91. The first-order valence-electron chi connectivity index (χ1n) is 16.9. The minimum absolute atomic E-state index is 0.00917. The first kappa shape index (κ1) is 39.4. The summed E-state index contributed by atoms with van der Waals surface area (Å²) in [6.07, 6.45) is 2.94. The minimum Gasteiger partial charge on any atom is -0.493 e. The molecule has 1 aromatic carbocycles. The second-order valence-corrected chi connectivity index (χ2v) is 14.0. The molecule has 2 amide bonds. The highest BCUT2D eigenvalue weighted by atomic mass is 16.5. The molecule has 2 rings (SSSR count). The van der Waals surface area contributed by atoms with Crippen molar-refractivity contribution in [3.63, 3.8) is 0 Å². The molecule has 1 saturated carbocycles. The second-order valence-electron chi connectivity index (χ2n) is 14.0. The fourth-order valence-electron chi connectivity index (χ4n) is 5.76. The number of carbonyl (C=O) groups is 3. The predicted molar refractivity (Wildman–Crippen MR) is 179 cm³/mol. The van der Waals surface area contributed by atoms with E-state index >= 15 is 0 Å². The number of hydrogen-bond acceptors (Lipinski definition) is 9. The summed E-state index contributed by atoms with van der Waals surface area (Å²) in [5.74, 6) is 0.106. The molecular formula is C35H60N4O7. The summed E-state index contributed by atoms with van der Waals surface area (Å²) in [4.78, 5) is 38.6. The van der Waals surface area contributed by atoms with Gasteiger partial charge in [0.15, 0.2) is 0 Å². The van der Waals surface area contributed by atoms with Crippen LogP contribution in [0.15, 0.2) is 24.3 Å². The van der Waals surface area contributed by atoms with E-state index in [9.17, 15) is 19.5 Å². The van der Waals surface area contributed by atoms with E-state index in [1.165, 1.54) is 0 Å². The van der Waals surface area contributed by atoms with Crippen LogP contribution in [0.3, 0.4) is 0 Å². The van der Waals surface area contributed by atoms with Gasteiger partial charge in [-0.2, -0.15) is 0 Å². The van der Waals surface area contributed by atoms with Gasteiger partial charge in [0.2, 0.25) is 5.91 Å². The zero-order valence-corrected chi connectivity index (χ0v) is 29.1. The molecule has 1 aliphatic carbocycles. The minimum atomic E-state index is -0.946. The van der Waals surface area contributed by atoms with Gasteiger partial charge in [-0.25, -0.2) is 0 Å². The standard InChI is InChI=1S/C35H60N4O7/c1-22(2)24(20-38-32(41)27-11-8-9-12-30(27)45-18-10-17-44-7)19-28(36)29(40)21-39-34(43)35(5,6)25-13-15-26(16-14-25)46-33(42)31(37)23(3)4/h8-9,11-12,22-26,28-29,31,40H,10,13-21,36-37H2,1-7H3,(H,38,41)(H,39,43)/t24-,25?,26?,28+,29+,31+/m1/s1. The van der Waals surface area contributed by atoms with E-state index in [1.807, 2.05) is 33.8 Å². The first-order valence-corrected chi connectivity index (χ1v) is 16.9. The first-order chi connectivity index (χ1) is 21.7. The number of para-hydroxylation sites is 1. The largest absolute Gasteiger partial charge is 0.493 e. The molecule has 0 bridgehead atoms. The lowest BCUT2D eigenvalue weighted by Gasteiger charge is -2.38. The smallest absolute Gasteiger partial charge is 0.323 e. The Morgan fingerprint density at radius 2 is 1.61 bits per heavy atom.